The van der Waals surface area contributed by atoms with Crippen LogP contribution in [0, 0.1) is 0 Å². The summed E-state index contributed by atoms with van der Waals surface area (Å²) in [6.07, 6.45) is 0. The van der Waals surface area contributed by atoms with E-state index in [4.69, 9.17) is 16.0 Å². The number of para-hydroxylation sites is 1. The third-order valence-corrected chi connectivity index (χ3v) is 6.05. The van der Waals surface area contributed by atoms with Gasteiger partial charge in [0.2, 0.25) is 0 Å². The molecule has 0 bridgehead atoms. The molecule has 4 nitrogen and oxygen atoms in total. The molecule has 1 N–H and O–H groups in total. The van der Waals surface area contributed by atoms with Gasteiger partial charge in [0.05, 0.1) is 15.2 Å². The van der Waals surface area contributed by atoms with Crippen LogP contribution in [0.1, 0.15) is 5.56 Å². The quantitative estimate of drug-likeness (QED) is 0.401. The Kier molecular flexibility index (Phi) is 3.96. The van der Waals surface area contributed by atoms with Gasteiger partial charge in [-0.05, 0) is 23.8 Å². The van der Waals surface area contributed by atoms with Crippen LogP contribution in [0.25, 0.3) is 21.2 Å². The van der Waals surface area contributed by atoms with Crippen molar-refractivity contribution in [1.82, 2.24) is 4.98 Å². The van der Waals surface area contributed by atoms with Crippen molar-refractivity contribution in [3.63, 3.8) is 0 Å². The molecule has 0 amide bonds. The van der Waals surface area contributed by atoms with Crippen molar-refractivity contribution in [2.24, 2.45) is 0 Å². The molecule has 7 heteroatoms. The van der Waals surface area contributed by atoms with Crippen LogP contribution in [-0.2, 0) is 5.75 Å². The Bertz CT molecular complexity index is 1090. The second kappa shape index (κ2) is 6.12. The molecule has 0 atom stereocenters. The first kappa shape index (κ1) is 15.5. The highest BCUT2D eigenvalue weighted by molar-refractivity contribution is 8.00. The van der Waals surface area contributed by atoms with Crippen LogP contribution in [-0.4, -0.2) is 10.1 Å². The molecule has 4 aromatic rings. The number of thiazole rings is 1. The van der Waals surface area contributed by atoms with E-state index in [-0.39, 0.29) is 10.8 Å². The van der Waals surface area contributed by atoms with E-state index in [0.29, 0.717) is 16.7 Å². The molecule has 24 heavy (non-hydrogen) atoms. The van der Waals surface area contributed by atoms with E-state index in [1.807, 2.05) is 24.3 Å². The smallest absolute Gasteiger partial charge is 0.336 e. The Morgan fingerprint density at radius 2 is 2.08 bits per heavy atom. The number of hydrogen-bond donors (Lipinski definition) is 1. The summed E-state index contributed by atoms with van der Waals surface area (Å²) in [5.41, 5.74) is 1.64. The molecular weight excluding hydrogens is 366 g/mol. The number of aromatic hydroxyl groups is 1. The highest BCUT2D eigenvalue weighted by Crippen LogP contribution is 2.34. The van der Waals surface area contributed by atoms with E-state index in [0.717, 1.165) is 20.1 Å². The lowest BCUT2D eigenvalue weighted by Crippen LogP contribution is -1.99. The van der Waals surface area contributed by atoms with Gasteiger partial charge in [-0.3, -0.25) is 0 Å². The number of benzene rings is 2. The molecule has 2 aromatic heterocycles. The van der Waals surface area contributed by atoms with E-state index >= 15 is 0 Å². The molecule has 0 saturated heterocycles. The van der Waals surface area contributed by atoms with E-state index < -0.39 is 5.63 Å². The number of halogens is 1. The zero-order valence-corrected chi connectivity index (χ0v) is 14.5. The fourth-order valence-electron chi connectivity index (χ4n) is 2.41. The summed E-state index contributed by atoms with van der Waals surface area (Å²) in [5, 5.41) is 10.6. The SMILES string of the molecule is O=c1cc(CSc2nc3ccccc3s2)c2cc(Cl)c(O)cc2o1. The molecule has 2 heterocycles. The Balaban J connectivity index is 1.71. The lowest BCUT2D eigenvalue weighted by atomic mass is 10.1. The molecule has 0 radical (unpaired) electrons. The molecular formula is C17H10ClNO3S2. The summed E-state index contributed by atoms with van der Waals surface area (Å²) < 4.78 is 7.20. The van der Waals surface area contributed by atoms with Crippen LogP contribution in [0.4, 0.5) is 0 Å². The van der Waals surface area contributed by atoms with Crippen molar-refractivity contribution in [1.29, 1.82) is 0 Å². The van der Waals surface area contributed by atoms with Gasteiger partial charge in [0.1, 0.15) is 11.3 Å². The number of thioether (sulfide) groups is 1. The summed E-state index contributed by atoms with van der Waals surface area (Å²) in [6.45, 7) is 0. The Morgan fingerprint density at radius 3 is 2.92 bits per heavy atom. The number of rotatable bonds is 3. The van der Waals surface area contributed by atoms with Crippen LogP contribution < -0.4 is 5.63 Å². The van der Waals surface area contributed by atoms with Gasteiger partial charge in [0.15, 0.2) is 4.34 Å². The number of nitrogens with zero attached hydrogens (tertiary/aromatic N) is 1. The van der Waals surface area contributed by atoms with Crippen molar-refractivity contribution in [2.45, 2.75) is 10.1 Å². The fraction of sp³-hybridized carbons (Fsp3) is 0.0588. The summed E-state index contributed by atoms with van der Waals surface area (Å²) in [4.78, 5) is 16.3. The van der Waals surface area contributed by atoms with Crippen LogP contribution in [0.15, 0.2) is 56.0 Å². The minimum Gasteiger partial charge on any atom is -0.506 e. The maximum Gasteiger partial charge on any atom is 0.336 e. The number of phenols is 1. The molecule has 0 saturated carbocycles. The fourth-order valence-corrected chi connectivity index (χ4v) is 4.63. The third-order valence-electron chi connectivity index (χ3n) is 3.52. The van der Waals surface area contributed by atoms with Gasteiger partial charge in [-0.15, -0.1) is 11.3 Å². The minimum atomic E-state index is -0.455. The number of fused-ring (bicyclic) bond motifs is 2. The summed E-state index contributed by atoms with van der Waals surface area (Å²) in [6, 6.07) is 12.4. The van der Waals surface area contributed by atoms with Crippen LogP contribution >= 0.6 is 34.7 Å². The predicted octanol–water partition coefficient (Wildman–Crippen LogP) is 5.05. The summed E-state index contributed by atoms with van der Waals surface area (Å²) in [7, 11) is 0. The van der Waals surface area contributed by atoms with Gasteiger partial charge in [-0.25, -0.2) is 9.78 Å². The molecule has 2 aromatic carbocycles. The molecule has 0 spiro atoms. The van der Waals surface area contributed by atoms with Crippen molar-refractivity contribution < 1.29 is 9.52 Å². The Hall–Kier alpha value is -2.02. The zero-order chi connectivity index (χ0) is 16.7. The number of aromatic nitrogens is 1. The average Bonchev–Trinajstić information content (AvgIpc) is 2.97. The standard InChI is InChI=1S/C17H10ClNO3S2/c18-11-6-10-9(5-16(21)22-14(10)7-13(11)20)8-23-17-19-12-3-1-2-4-15(12)24-17/h1-7,20H,8H2. The second-order valence-electron chi connectivity index (χ2n) is 5.13. The van der Waals surface area contributed by atoms with Crippen LogP contribution in [0.2, 0.25) is 5.02 Å². The molecule has 0 aliphatic heterocycles. The molecule has 120 valence electrons. The summed E-state index contributed by atoms with van der Waals surface area (Å²) in [5.74, 6) is 0.450. The van der Waals surface area contributed by atoms with Gasteiger partial charge in [0, 0.05) is 23.3 Å². The maximum absolute atomic E-state index is 11.7. The molecule has 4 rings (SSSR count). The highest BCUT2D eigenvalue weighted by atomic mass is 35.5. The average molecular weight is 376 g/mol. The highest BCUT2D eigenvalue weighted by Gasteiger charge is 2.11. The first-order chi connectivity index (χ1) is 11.6. The van der Waals surface area contributed by atoms with E-state index in [1.165, 1.54) is 12.1 Å². The lowest BCUT2D eigenvalue weighted by molar-refractivity contribution is 0.473. The second-order valence-corrected chi connectivity index (χ2v) is 7.79. The lowest BCUT2D eigenvalue weighted by Gasteiger charge is -2.05. The number of hydrogen-bond acceptors (Lipinski definition) is 6. The molecule has 0 fully saturated rings. The van der Waals surface area contributed by atoms with Gasteiger partial charge >= 0.3 is 5.63 Å². The van der Waals surface area contributed by atoms with E-state index in [1.54, 1.807) is 29.2 Å². The molecule has 0 aliphatic rings. The Labute approximate surface area is 149 Å². The predicted molar refractivity (Wildman–Crippen MR) is 98.3 cm³/mol. The van der Waals surface area contributed by atoms with Crippen molar-refractivity contribution >= 4 is 55.9 Å². The van der Waals surface area contributed by atoms with Crippen molar-refractivity contribution in [3.8, 4) is 5.75 Å². The third kappa shape index (κ3) is 2.88. The minimum absolute atomic E-state index is 0.108. The first-order valence-electron chi connectivity index (χ1n) is 7.04. The molecule has 0 unspecified atom stereocenters. The van der Waals surface area contributed by atoms with Crippen LogP contribution in [0.3, 0.4) is 0 Å². The maximum atomic E-state index is 11.7. The van der Waals surface area contributed by atoms with E-state index in [9.17, 15) is 9.90 Å². The van der Waals surface area contributed by atoms with Gasteiger partial charge in [0.25, 0.3) is 0 Å². The van der Waals surface area contributed by atoms with Gasteiger partial charge in [-0.1, -0.05) is 35.5 Å². The van der Waals surface area contributed by atoms with Crippen molar-refractivity contribution in [3.05, 3.63) is 63.5 Å². The van der Waals surface area contributed by atoms with Crippen molar-refractivity contribution in [2.75, 3.05) is 0 Å². The first-order valence-corrected chi connectivity index (χ1v) is 9.22. The monoisotopic (exact) mass is 375 g/mol. The zero-order valence-electron chi connectivity index (χ0n) is 12.2. The summed E-state index contributed by atoms with van der Waals surface area (Å²) >= 11 is 9.15. The Morgan fingerprint density at radius 1 is 1.25 bits per heavy atom. The van der Waals surface area contributed by atoms with Crippen LogP contribution in [0.5, 0.6) is 5.75 Å². The normalized spacial score (nSPS) is 11.4. The molecule has 0 aliphatic carbocycles. The van der Waals surface area contributed by atoms with Gasteiger partial charge < -0.3 is 9.52 Å². The van der Waals surface area contributed by atoms with E-state index in [2.05, 4.69) is 4.98 Å². The topological polar surface area (TPSA) is 63.3 Å². The number of phenolic OH excluding ortho intramolecular Hbond substituents is 1. The van der Waals surface area contributed by atoms with Gasteiger partial charge in [-0.2, -0.15) is 0 Å². The largest absolute Gasteiger partial charge is 0.506 e.